The van der Waals surface area contributed by atoms with Crippen LogP contribution in [0.15, 0.2) is 4.79 Å². The molecule has 0 aromatic carbocycles. The largest absolute Gasteiger partial charge is 0.294 e. The molecule has 0 aliphatic heterocycles. The zero-order chi connectivity index (χ0) is 13.3. The van der Waals surface area contributed by atoms with Crippen molar-refractivity contribution in [1.82, 2.24) is 19.3 Å². The molecule has 0 saturated heterocycles. The van der Waals surface area contributed by atoms with Gasteiger partial charge >= 0.3 is 0 Å². The van der Waals surface area contributed by atoms with Crippen LogP contribution in [0.5, 0.6) is 0 Å². The van der Waals surface area contributed by atoms with E-state index in [0.29, 0.717) is 23.8 Å². The van der Waals surface area contributed by atoms with Crippen LogP contribution >= 0.6 is 11.6 Å². The highest BCUT2D eigenvalue weighted by molar-refractivity contribution is 6.17. The molecule has 0 unspecified atom stereocenters. The third kappa shape index (κ3) is 2.03. The van der Waals surface area contributed by atoms with Crippen molar-refractivity contribution in [3.63, 3.8) is 0 Å². The Hall–Kier alpha value is -1.36. The fourth-order valence-electron chi connectivity index (χ4n) is 2.18. The summed E-state index contributed by atoms with van der Waals surface area (Å²) in [7, 11) is 1.78. The van der Waals surface area contributed by atoms with Gasteiger partial charge in [0.1, 0.15) is 11.3 Å². The monoisotopic (exact) mass is 268 g/mol. The summed E-state index contributed by atoms with van der Waals surface area (Å²) in [5, 5.41) is 4.39. The normalized spacial score (nSPS) is 11.3. The number of aromatic nitrogens is 4. The van der Waals surface area contributed by atoms with Gasteiger partial charge in [-0.3, -0.25) is 14.0 Å². The van der Waals surface area contributed by atoms with Crippen molar-refractivity contribution in [2.45, 2.75) is 33.2 Å². The summed E-state index contributed by atoms with van der Waals surface area (Å²) in [5.41, 5.74) is 2.13. The zero-order valence-electron chi connectivity index (χ0n) is 10.9. The Morgan fingerprint density at radius 3 is 2.72 bits per heavy atom. The second-order valence-electron chi connectivity index (χ2n) is 4.32. The fraction of sp³-hybridized carbons (Fsp3) is 0.583. The quantitative estimate of drug-likeness (QED) is 0.792. The van der Waals surface area contributed by atoms with Crippen LogP contribution in [0.4, 0.5) is 0 Å². The predicted octanol–water partition coefficient (Wildman–Crippen LogP) is 1.63. The third-order valence-corrected chi connectivity index (χ3v) is 3.17. The molecule has 0 saturated carbocycles. The maximum Gasteiger partial charge on any atom is 0.279 e. The first-order valence-electron chi connectivity index (χ1n) is 6.09. The van der Waals surface area contributed by atoms with Crippen LogP contribution in [0, 0.1) is 6.92 Å². The molecular weight excluding hydrogens is 252 g/mol. The maximum absolute atomic E-state index is 12.4. The van der Waals surface area contributed by atoms with Gasteiger partial charge in [0.15, 0.2) is 5.52 Å². The van der Waals surface area contributed by atoms with Gasteiger partial charge in [-0.1, -0.05) is 13.3 Å². The average molecular weight is 269 g/mol. The van der Waals surface area contributed by atoms with Gasteiger partial charge in [-0.25, -0.2) is 4.98 Å². The van der Waals surface area contributed by atoms with Crippen LogP contribution in [0.1, 0.15) is 24.9 Å². The third-order valence-electron chi connectivity index (χ3n) is 3.00. The van der Waals surface area contributed by atoms with Gasteiger partial charge in [0.25, 0.3) is 5.56 Å². The summed E-state index contributed by atoms with van der Waals surface area (Å²) < 4.78 is 3.23. The second kappa shape index (κ2) is 5.10. The van der Waals surface area contributed by atoms with Crippen LogP contribution < -0.4 is 5.56 Å². The van der Waals surface area contributed by atoms with Crippen molar-refractivity contribution in [2.24, 2.45) is 7.05 Å². The molecule has 0 aliphatic rings. The lowest BCUT2D eigenvalue weighted by Crippen LogP contribution is -2.25. The molecule has 0 fully saturated rings. The molecule has 98 valence electrons. The number of alkyl halides is 1. The van der Waals surface area contributed by atoms with Crippen molar-refractivity contribution < 1.29 is 0 Å². The van der Waals surface area contributed by atoms with E-state index in [1.807, 2.05) is 6.92 Å². The van der Waals surface area contributed by atoms with E-state index in [1.165, 1.54) is 0 Å². The second-order valence-corrected chi connectivity index (χ2v) is 4.70. The Balaban J connectivity index is 2.75. The first kappa shape index (κ1) is 13.1. The SMILES string of the molecule is CCCc1nn(C)c2c(=O)n(CCCl)c(C)nc12. The Labute approximate surface area is 110 Å². The Morgan fingerprint density at radius 2 is 2.11 bits per heavy atom. The highest BCUT2D eigenvalue weighted by atomic mass is 35.5. The molecule has 0 aliphatic carbocycles. The van der Waals surface area contributed by atoms with E-state index < -0.39 is 0 Å². The minimum atomic E-state index is -0.0597. The smallest absolute Gasteiger partial charge is 0.279 e. The molecule has 2 aromatic heterocycles. The van der Waals surface area contributed by atoms with Crippen molar-refractivity contribution in [3.05, 3.63) is 21.9 Å². The van der Waals surface area contributed by atoms with Crippen molar-refractivity contribution in [3.8, 4) is 0 Å². The number of nitrogens with zero attached hydrogens (tertiary/aromatic N) is 4. The summed E-state index contributed by atoms with van der Waals surface area (Å²) >= 11 is 5.72. The maximum atomic E-state index is 12.4. The molecule has 0 spiro atoms. The lowest BCUT2D eigenvalue weighted by molar-refractivity contribution is 0.680. The fourth-order valence-corrected chi connectivity index (χ4v) is 2.34. The first-order valence-corrected chi connectivity index (χ1v) is 6.62. The summed E-state index contributed by atoms with van der Waals surface area (Å²) in [6, 6.07) is 0. The van der Waals surface area contributed by atoms with Crippen LogP contribution in [0.3, 0.4) is 0 Å². The first-order chi connectivity index (χ1) is 8.60. The molecule has 2 heterocycles. The number of fused-ring (bicyclic) bond motifs is 1. The van der Waals surface area contributed by atoms with Crippen LogP contribution in [0.25, 0.3) is 11.0 Å². The van der Waals surface area contributed by atoms with E-state index >= 15 is 0 Å². The number of rotatable bonds is 4. The van der Waals surface area contributed by atoms with Crippen molar-refractivity contribution in [1.29, 1.82) is 0 Å². The Kier molecular flexibility index (Phi) is 3.71. The van der Waals surface area contributed by atoms with Crippen molar-refractivity contribution in [2.75, 3.05) is 5.88 Å². The van der Waals surface area contributed by atoms with E-state index in [4.69, 9.17) is 11.6 Å². The zero-order valence-corrected chi connectivity index (χ0v) is 11.7. The predicted molar refractivity (Wildman–Crippen MR) is 72.2 cm³/mol. The van der Waals surface area contributed by atoms with Gasteiger partial charge < -0.3 is 0 Å². The standard InChI is InChI=1S/C12H17ClN4O/c1-4-5-9-10-11(16(3)15-9)12(18)17(7-6-13)8(2)14-10/h4-7H2,1-3H3. The molecule has 0 amide bonds. The van der Waals surface area contributed by atoms with Crippen LogP contribution in [-0.2, 0) is 20.0 Å². The van der Waals surface area contributed by atoms with E-state index in [1.54, 1.807) is 16.3 Å². The van der Waals surface area contributed by atoms with E-state index in [-0.39, 0.29) is 5.56 Å². The highest BCUT2D eigenvalue weighted by Crippen LogP contribution is 2.14. The average Bonchev–Trinajstić information content (AvgIpc) is 2.62. The highest BCUT2D eigenvalue weighted by Gasteiger charge is 2.16. The van der Waals surface area contributed by atoms with Gasteiger partial charge in [-0.05, 0) is 13.3 Å². The molecule has 5 nitrogen and oxygen atoms in total. The summed E-state index contributed by atoms with van der Waals surface area (Å²) in [6.07, 6.45) is 1.82. The van der Waals surface area contributed by atoms with E-state index in [2.05, 4.69) is 17.0 Å². The lowest BCUT2D eigenvalue weighted by Gasteiger charge is -2.07. The van der Waals surface area contributed by atoms with Crippen LogP contribution in [-0.4, -0.2) is 25.2 Å². The molecule has 2 rings (SSSR count). The van der Waals surface area contributed by atoms with E-state index in [9.17, 15) is 4.79 Å². The van der Waals surface area contributed by atoms with Crippen molar-refractivity contribution >= 4 is 22.6 Å². The molecule has 0 bridgehead atoms. The number of hydrogen-bond donors (Lipinski definition) is 0. The molecular formula is C12H17ClN4O. The minimum absolute atomic E-state index is 0.0597. The van der Waals surface area contributed by atoms with Gasteiger partial charge in [-0.15, -0.1) is 11.6 Å². The molecule has 0 atom stereocenters. The van der Waals surface area contributed by atoms with Gasteiger partial charge in [0, 0.05) is 19.5 Å². The number of aryl methyl sites for hydroxylation is 3. The Morgan fingerprint density at radius 1 is 1.39 bits per heavy atom. The molecule has 0 radical (unpaired) electrons. The van der Waals surface area contributed by atoms with Gasteiger partial charge in [0.05, 0.1) is 5.69 Å². The Bertz CT molecular complexity index is 629. The molecule has 6 heteroatoms. The van der Waals surface area contributed by atoms with Gasteiger partial charge in [0.2, 0.25) is 0 Å². The van der Waals surface area contributed by atoms with Crippen LogP contribution in [0.2, 0.25) is 0 Å². The minimum Gasteiger partial charge on any atom is -0.294 e. The lowest BCUT2D eigenvalue weighted by atomic mass is 10.2. The summed E-state index contributed by atoms with van der Waals surface area (Å²) in [5.74, 6) is 1.09. The number of halogens is 1. The number of hydrogen-bond acceptors (Lipinski definition) is 3. The molecule has 18 heavy (non-hydrogen) atoms. The molecule has 2 aromatic rings. The molecule has 0 N–H and O–H groups in total. The van der Waals surface area contributed by atoms with E-state index in [0.717, 1.165) is 24.1 Å². The summed E-state index contributed by atoms with van der Waals surface area (Å²) in [6.45, 7) is 4.39. The summed E-state index contributed by atoms with van der Waals surface area (Å²) in [4.78, 5) is 16.9. The van der Waals surface area contributed by atoms with Gasteiger partial charge in [-0.2, -0.15) is 5.10 Å². The topological polar surface area (TPSA) is 52.7 Å².